The first kappa shape index (κ1) is 38.3. The van der Waals surface area contributed by atoms with E-state index in [4.69, 9.17) is 4.74 Å². The van der Waals surface area contributed by atoms with Crippen LogP contribution in [0.4, 0.5) is 5.69 Å². The van der Waals surface area contributed by atoms with Crippen LogP contribution in [-0.4, -0.2) is 54.1 Å². The number of amides is 3. The highest BCUT2D eigenvalue weighted by Crippen LogP contribution is 2.20. The third kappa shape index (κ3) is 12.4. The van der Waals surface area contributed by atoms with Crippen molar-refractivity contribution in [3.8, 4) is 0 Å². The van der Waals surface area contributed by atoms with Crippen LogP contribution < -0.4 is 16.0 Å². The average Bonchev–Trinajstić information content (AvgIpc) is 3.15. The fourth-order valence-electron chi connectivity index (χ4n) is 5.83. The van der Waals surface area contributed by atoms with Crippen molar-refractivity contribution < 1.29 is 29.0 Å². The van der Waals surface area contributed by atoms with E-state index in [1.807, 2.05) is 97.1 Å². The molecule has 0 spiro atoms. The molecule has 0 saturated heterocycles. The Balaban J connectivity index is 1.48. The minimum atomic E-state index is -1.26. The number of carbonyl (C=O) groups excluding carboxylic acids is 4. The number of fused-ring (bicyclic) bond motifs is 1. The van der Waals surface area contributed by atoms with Gasteiger partial charge in [-0.05, 0) is 66.1 Å². The predicted molar refractivity (Wildman–Crippen MR) is 201 cm³/mol. The number of nitrogens with one attached hydrogen (secondary N) is 3. The van der Waals surface area contributed by atoms with Gasteiger partial charge in [-0.3, -0.25) is 19.2 Å². The third-order valence-corrected chi connectivity index (χ3v) is 8.58. The van der Waals surface area contributed by atoms with Crippen LogP contribution in [0, 0.1) is 11.8 Å². The van der Waals surface area contributed by atoms with Crippen molar-refractivity contribution in [2.75, 3.05) is 18.5 Å². The monoisotopic (exact) mass is 689 g/mol. The standard InChI is InChI=1S/C42H47N3O6/c1-3-5-19-35(24-30-15-8-6-9-16-30)42(50)51-29-38(41(49)44-36-23-22-32-20-12-13-21-33(32)26-36)45-40(48)34(14-4-2)27-39(47)43-37(28-46)25-31-17-10-7-11-18-31/h3-4,6-13,15-18,20-23,26,34-35,37-38,46H,1-2,5,14,19,24-25,27-29H2,(H,43,47)(H,44,49)(H,45,48)/t34-,35+,37+,38-/m0/s1. The minimum Gasteiger partial charge on any atom is -0.463 e. The van der Waals surface area contributed by atoms with Gasteiger partial charge in [0.1, 0.15) is 12.6 Å². The van der Waals surface area contributed by atoms with Crippen LogP contribution in [0.2, 0.25) is 0 Å². The molecular formula is C42H47N3O6. The van der Waals surface area contributed by atoms with Crippen LogP contribution in [0.5, 0.6) is 0 Å². The van der Waals surface area contributed by atoms with Gasteiger partial charge in [-0.1, -0.05) is 103 Å². The van der Waals surface area contributed by atoms with Gasteiger partial charge in [0.2, 0.25) is 11.8 Å². The lowest BCUT2D eigenvalue weighted by atomic mass is 9.95. The van der Waals surface area contributed by atoms with E-state index in [0.717, 1.165) is 21.9 Å². The van der Waals surface area contributed by atoms with Gasteiger partial charge in [0.15, 0.2) is 0 Å². The molecule has 0 aromatic heterocycles. The van der Waals surface area contributed by atoms with E-state index < -0.39 is 54.2 Å². The number of allylic oxidation sites excluding steroid dienone is 2. The molecule has 0 aliphatic carbocycles. The summed E-state index contributed by atoms with van der Waals surface area (Å²) in [5.74, 6) is -3.44. The molecule has 4 aromatic rings. The summed E-state index contributed by atoms with van der Waals surface area (Å²) in [5, 5.41) is 20.2. The zero-order valence-electron chi connectivity index (χ0n) is 28.8. The van der Waals surface area contributed by atoms with Gasteiger partial charge in [-0.2, -0.15) is 0 Å². The molecule has 0 fully saturated rings. The maximum Gasteiger partial charge on any atom is 0.309 e. The summed E-state index contributed by atoms with van der Waals surface area (Å²) in [6, 6.07) is 30.4. The average molecular weight is 690 g/mol. The van der Waals surface area contributed by atoms with E-state index in [1.54, 1.807) is 12.1 Å². The van der Waals surface area contributed by atoms with Crippen molar-refractivity contribution in [3.63, 3.8) is 0 Å². The molecule has 9 heteroatoms. The summed E-state index contributed by atoms with van der Waals surface area (Å²) in [4.78, 5) is 54.0. The molecule has 4 aromatic carbocycles. The van der Waals surface area contributed by atoms with Crippen LogP contribution in [0.15, 0.2) is 128 Å². The maximum atomic E-state index is 13.7. The van der Waals surface area contributed by atoms with Gasteiger partial charge in [0, 0.05) is 12.1 Å². The fraction of sp³-hybridized carbons (Fsp3) is 0.286. The number of hydrogen-bond donors (Lipinski definition) is 4. The first-order chi connectivity index (χ1) is 24.8. The summed E-state index contributed by atoms with van der Waals surface area (Å²) in [7, 11) is 0. The lowest BCUT2D eigenvalue weighted by molar-refractivity contribution is -0.150. The Hall–Kier alpha value is -5.54. The van der Waals surface area contributed by atoms with Crippen LogP contribution >= 0.6 is 0 Å². The van der Waals surface area contributed by atoms with E-state index >= 15 is 0 Å². The van der Waals surface area contributed by atoms with Gasteiger partial charge in [-0.25, -0.2) is 0 Å². The number of aliphatic hydroxyl groups excluding tert-OH is 1. The number of ether oxygens (including phenoxy) is 1. The molecule has 266 valence electrons. The third-order valence-electron chi connectivity index (χ3n) is 8.58. The van der Waals surface area contributed by atoms with Crippen molar-refractivity contribution in [3.05, 3.63) is 140 Å². The first-order valence-corrected chi connectivity index (χ1v) is 17.3. The Morgan fingerprint density at radius 3 is 2.02 bits per heavy atom. The molecule has 0 aliphatic heterocycles. The SMILES string of the molecule is C=CCC[C@H](Cc1ccccc1)C(=O)OC[C@H](NC(=O)[C@@H](CC=C)CC(=O)N[C@@H](CO)Cc1ccccc1)C(=O)Nc1ccc2ccccc2c1. The molecule has 0 bridgehead atoms. The van der Waals surface area contributed by atoms with Crippen molar-refractivity contribution >= 4 is 40.2 Å². The van der Waals surface area contributed by atoms with Crippen LogP contribution in [0.3, 0.4) is 0 Å². The molecular weight excluding hydrogens is 642 g/mol. The zero-order valence-corrected chi connectivity index (χ0v) is 28.8. The first-order valence-electron chi connectivity index (χ1n) is 17.3. The van der Waals surface area contributed by atoms with Gasteiger partial charge in [0.05, 0.1) is 24.5 Å². The summed E-state index contributed by atoms with van der Waals surface area (Å²) in [5.41, 5.74) is 2.43. The number of benzene rings is 4. The molecule has 4 N–H and O–H groups in total. The molecule has 0 unspecified atom stereocenters. The van der Waals surface area contributed by atoms with Crippen molar-refractivity contribution in [1.82, 2.24) is 10.6 Å². The number of carbonyl (C=O) groups is 4. The number of hydrogen-bond acceptors (Lipinski definition) is 6. The van der Waals surface area contributed by atoms with E-state index in [2.05, 4.69) is 29.1 Å². The van der Waals surface area contributed by atoms with E-state index in [1.165, 1.54) is 6.08 Å². The van der Waals surface area contributed by atoms with Crippen LogP contribution in [0.1, 0.15) is 36.8 Å². The molecule has 3 amide bonds. The zero-order chi connectivity index (χ0) is 36.4. The Labute approximate surface area is 299 Å². The quantitative estimate of drug-likeness (QED) is 0.0672. The lowest BCUT2D eigenvalue weighted by Gasteiger charge is -2.24. The highest BCUT2D eigenvalue weighted by molar-refractivity contribution is 5.99. The minimum absolute atomic E-state index is 0.154. The second kappa shape index (κ2) is 20.2. The molecule has 51 heavy (non-hydrogen) atoms. The second-order valence-corrected chi connectivity index (χ2v) is 12.6. The molecule has 0 heterocycles. The molecule has 0 radical (unpaired) electrons. The Kier molecular flexibility index (Phi) is 15.2. The van der Waals surface area contributed by atoms with Crippen molar-refractivity contribution in [1.29, 1.82) is 0 Å². The Morgan fingerprint density at radius 1 is 0.725 bits per heavy atom. The molecule has 0 saturated carbocycles. The lowest BCUT2D eigenvalue weighted by Crippen LogP contribution is -2.50. The molecule has 0 aliphatic rings. The molecule has 4 atom stereocenters. The van der Waals surface area contributed by atoms with Gasteiger partial charge >= 0.3 is 5.97 Å². The van der Waals surface area contributed by atoms with E-state index in [9.17, 15) is 24.3 Å². The van der Waals surface area contributed by atoms with E-state index in [-0.39, 0.29) is 19.4 Å². The van der Waals surface area contributed by atoms with Gasteiger partial charge in [-0.15, -0.1) is 13.2 Å². The molecule has 4 rings (SSSR count). The Bertz CT molecular complexity index is 1760. The number of rotatable bonds is 20. The summed E-state index contributed by atoms with van der Waals surface area (Å²) >= 11 is 0. The highest BCUT2D eigenvalue weighted by Gasteiger charge is 2.30. The highest BCUT2D eigenvalue weighted by atomic mass is 16.5. The largest absolute Gasteiger partial charge is 0.463 e. The normalized spacial score (nSPS) is 13.2. The topological polar surface area (TPSA) is 134 Å². The van der Waals surface area contributed by atoms with Crippen LogP contribution in [0.25, 0.3) is 10.8 Å². The Morgan fingerprint density at radius 2 is 1.37 bits per heavy atom. The summed E-state index contributed by atoms with van der Waals surface area (Å²) in [6.07, 6.45) is 5.19. The van der Waals surface area contributed by atoms with Gasteiger partial charge < -0.3 is 25.8 Å². The summed E-state index contributed by atoms with van der Waals surface area (Å²) in [6.45, 7) is 6.83. The smallest absolute Gasteiger partial charge is 0.309 e. The van der Waals surface area contributed by atoms with Crippen molar-refractivity contribution in [2.45, 2.75) is 50.6 Å². The number of esters is 1. The molecule has 9 nitrogen and oxygen atoms in total. The second-order valence-electron chi connectivity index (χ2n) is 12.6. The van der Waals surface area contributed by atoms with Gasteiger partial charge in [0.25, 0.3) is 5.91 Å². The predicted octanol–water partition coefficient (Wildman–Crippen LogP) is 5.93. The van der Waals surface area contributed by atoms with Crippen molar-refractivity contribution in [2.24, 2.45) is 11.8 Å². The number of anilines is 1. The van der Waals surface area contributed by atoms with E-state index in [0.29, 0.717) is 31.4 Å². The summed E-state index contributed by atoms with van der Waals surface area (Å²) < 4.78 is 5.73. The fourth-order valence-corrected chi connectivity index (χ4v) is 5.83. The maximum absolute atomic E-state index is 13.7. The van der Waals surface area contributed by atoms with Crippen LogP contribution in [-0.2, 0) is 36.8 Å². The number of aliphatic hydroxyl groups is 1.